The molecule has 0 aliphatic heterocycles. The lowest BCUT2D eigenvalue weighted by Gasteiger charge is -2.04. The van der Waals surface area contributed by atoms with E-state index in [1.165, 1.54) is 0 Å². The first-order chi connectivity index (χ1) is 12.5. The summed E-state index contributed by atoms with van der Waals surface area (Å²) in [6, 6.07) is 18.5. The fourth-order valence-electron chi connectivity index (χ4n) is 2.82. The molecule has 26 heavy (non-hydrogen) atoms. The van der Waals surface area contributed by atoms with Crippen molar-refractivity contribution in [1.82, 2.24) is 14.8 Å². The molecular formula is C19H14ClN5O. The zero-order chi connectivity index (χ0) is 18.3. The molecule has 2 aromatic heterocycles. The van der Waals surface area contributed by atoms with E-state index in [0.717, 1.165) is 11.3 Å². The molecule has 6 nitrogen and oxygen atoms in total. The normalized spacial score (nSPS) is 11.0. The third kappa shape index (κ3) is 2.66. The lowest BCUT2D eigenvalue weighted by atomic mass is 10.1. The number of amides is 1. The first kappa shape index (κ1) is 16.1. The van der Waals surface area contributed by atoms with Crippen molar-refractivity contribution in [3.63, 3.8) is 0 Å². The maximum atomic E-state index is 11.7. The van der Waals surface area contributed by atoms with Crippen molar-refractivity contribution >= 4 is 34.4 Å². The van der Waals surface area contributed by atoms with Gasteiger partial charge in [0.25, 0.3) is 5.91 Å². The number of primary amides is 1. The summed E-state index contributed by atoms with van der Waals surface area (Å²) < 4.78 is 1.69. The summed E-state index contributed by atoms with van der Waals surface area (Å²) in [6.45, 7) is 0. The van der Waals surface area contributed by atoms with Crippen molar-refractivity contribution in [1.29, 1.82) is 0 Å². The van der Waals surface area contributed by atoms with Crippen LogP contribution < -0.4 is 11.5 Å². The number of hydrogen-bond donors (Lipinski definition) is 2. The number of benzene rings is 2. The van der Waals surface area contributed by atoms with Crippen LogP contribution in [-0.4, -0.2) is 20.7 Å². The van der Waals surface area contributed by atoms with E-state index in [9.17, 15) is 4.79 Å². The number of fused-ring (bicyclic) bond motifs is 1. The Labute approximate surface area is 154 Å². The third-order valence-electron chi connectivity index (χ3n) is 4.07. The summed E-state index contributed by atoms with van der Waals surface area (Å²) in [6.07, 6.45) is 0. The molecular weight excluding hydrogens is 350 g/mol. The van der Waals surface area contributed by atoms with E-state index in [-0.39, 0.29) is 11.4 Å². The predicted molar refractivity (Wildman–Crippen MR) is 102 cm³/mol. The lowest BCUT2D eigenvalue weighted by Crippen LogP contribution is -2.14. The van der Waals surface area contributed by atoms with Gasteiger partial charge in [-0.2, -0.15) is 5.10 Å². The Morgan fingerprint density at radius 1 is 1.04 bits per heavy atom. The van der Waals surface area contributed by atoms with Gasteiger partial charge in [0, 0.05) is 16.0 Å². The molecule has 0 spiro atoms. The van der Waals surface area contributed by atoms with Gasteiger partial charge in [-0.15, -0.1) is 0 Å². The molecule has 0 bridgehead atoms. The molecule has 0 atom stereocenters. The van der Waals surface area contributed by atoms with E-state index in [0.29, 0.717) is 21.7 Å². The van der Waals surface area contributed by atoms with Crippen molar-refractivity contribution in [2.75, 3.05) is 5.73 Å². The molecule has 0 unspecified atom stereocenters. The number of anilines is 1. The summed E-state index contributed by atoms with van der Waals surface area (Å²) in [5, 5.41) is 6.01. The summed E-state index contributed by atoms with van der Waals surface area (Å²) in [7, 11) is 0. The fourth-order valence-corrected chi connectivity index (χ4v) is 2.95. The zero-order valence-electron chi connectivity index (χ0n) is 13.6. The number of nitrogens with zero attached hydrogens (tertiary/aromatic N) is 3. The Balaban J connectivity index is 2.06. The van der Waals surface area contributed by atoms with Crippen LogP contribution in [0, 0.1) is 0 Å². The standard InChI is InChI=1S/C19H14ClN5O/c20-12-8-6-11(7-9-12)16-14-10-15(18(22)26)17(21)23-19(14)25(24-16)13-4-2-1-3-5-13/h1-10H,(H2,21,23)(H2,22,26). The van der Waals surface area contributed by atoms with Crippen LogP contribution in [0.25, 0.3) is 28.0 Å². The molecule has 1 amide bonds. The molecule has 0 aliphatic rings. The minimum absolute atomic E-state index is 0.0738. The maximum absolute atomic E-state index is 11.7. The zero-order valence-corrected chi connectivity index (χ0v) is 14.3. The molecule has 0 radical (unpaired) electrons. The van der Waals surface area contributed by atoms with Crippen LogP contribution in [0.5, 0.6) is 0 Å². The molecule has 0 aliphatic carbocycles. The number of aromatic nitrogens is 3. The van der Waals surface area contributed by atoms with E-state index in [1.54, 1.807) is 22.9 Å². The highest BCUT2D eigenvalue weighted by atomic mass is 35.5. The van der Waals surface area contributed by atoms with E-state index in [2.05, 4.69) is 4.98 Å². The highest BCUT2D eigenvalue weighted by molar-refractivity contribution is 6.30. The molecule has 2 aromatic carbocycles. The Bertz CT molecular complexity index is 1120. The number of carbonyl (C=O) groups is 1. The average molecular weight is 364 g/mol. The number of halogens is 1. The van der Waals surface area contributed by atoms with Gasteiger partial charge in [0.15, 0.2) is 5.65 Å². The lowest BCUT2D eigenvalue weighted by molar-refractivity contribution is 0.100. The molecule has 0 fully saturated rings. The summed E-state index contributed by atoms with van der Waals surface area (Å²) in [4.78, 5) is 16.1. The van der Waals surface area contributed by atoms with Gasteiger partial charge in [-0.3, -0.25) is 4.79 Å². The molecule has 7 heteroatoms. The monoisotopic (exact) mass is 363 g/mol. The molecule has 2 heterocycles. The summed E-state index contributed by atoms with van der Waals surface area (Å²) in [5.41, 5.74) is 14.4. The van der Waals surface area contributed by atoms with Gasteiger partial charge in [-0.1, -0.05) is 41.9 Å². The van der Waals surface area contributed by atoms with Crippen molar-refractivity contribution in [2.24, 2.45) is 5.73 Å². The van der Waals surface area contributed by atoms with Gasteiger partial charge in [0.1, 0.15) is 11.5 Å². The number of pyridine rings is 1. The van der Waals surface area contributed by atoms with Crippen molar-refractivity contribution in [2.45, 2.75) is 0 Å². The van der Waals surface area contributed by atoms with Crippen LogP contribution in [0.1, 0.15) is 10.4 Å². The second-order valence-electron chi connectivity index (χ2n) is 5.76. The van der Waals surface area contributed by atoms with Crippen LogP contribution in [0.15, 0.2) is 60.7 Å². The minimum atomic E-state index is -0.633. The Hall–Kier alpha value is -3.38. The van der Waals surface area contributed by atoms with Crippen molar-refractivity contribution in [3.8, 4) is 16.9 Å². The van der Waals surface area contributed by atoms with Gasteiger partial charge in [0.05, 0.1) is 11.3 Å². The predicted octanol–water partition coefficient (Wildman–Crippen LogP) is 3.42. The number of para-hydroxylation sites is 1. The molecule has 4 aromatic rings. The maximum Gasteiger partial charge on any atom is 0.252 e. The minimum Gasteiger partial charge on any atom is -0.383 e. The van der Waals surface area contributed by atoms with Gasteiger partial charge < -0.3 is 11.5 Å². The topological polar surface area (TPSA) is 99.8 Å². The van der Waals surface area contributed by atoms with E-state index in [1.807, 2.05) is 42.5 Å². The first-order valence-electron chi connectivity index (χ1n) is 7.85. The second-order valence-corrected chi connectivity index (χ2v) is 6.20. The van der Waals surface area contributed by atoms with Gasteiger partial charge in [-0.25, -0.2) is 9.67 Å². The highest BCUT2D eigenvalue weighted by Gasteiger charge is 2.19. The Morgan fingerprint density at radius 2 is 1.73 bits per heavy atom. The van der Waals surface area contributed by atoms with Crippen molar-refractivity contribution < 1.29 is 4.79 Å². The number of rotatable bonds is 3. The molecule has 0 saturated carbocycles. The SMILES string of the molecule is NC(=O)c1cc2c(-c3ccc(Cl)cc3)nn(-c3ccccc3)c2nc1N. The smallest absolute Gasteiger partial charge is 0.252 e. The van der Waals surface area contributed by atoms with Crippen LogP contribution in [0.3, 0.4) is 0 Å². The number of nitrogens with two attached hydrogens (primary N) is 2. The number of hydrogen-bond acceptors (Lipinski definition) is 4. The van der Waals surface area contributed by atoms with E-state index < -0.39 is 5.91 Å². The van der Waals surface area contributed by atoms with Crippen LogP contribution in [0.4, 0.5) is 5.82 Å². The quantitative estimate of drug-likeness (QED) is 0.582. The van der Waals surface area contributed by atoms with Crippen LogP contribution in [0.2, 0.25) is 5.02 Å². The largest absolute Gasteiger partial charge is 0.383 e. The van der Waals surface area contributed by atoms with E-state index >= 15 is 0 Å². The third-order valence-corrected chi connectivity index (χ3v) is 4.32. The van der Waals surface area contributed by atoms with Crippen molar-refractivity contribution in [3.05, 3.63) is 71.2 Å². The summed E-state index contributed by atoms with van der Waals surface area (Å²) >= 11 is 5.99. The number of nitrogen functional groups attached to an aromatic ring is 1. The second kappa shape index (κ2) is 6.16. The summed E-state index contributed by atoms with van der Waals surface area (Å²) in [5.74, 6) is -0.559. The van der Waals surface area contributed by atoms with Crippen LogP contribution in [-0.2, 0) is 0 Å². The number of carbonyl (C=O) groups excluding carboxylic acids is 1. The van der Waals surface area contributed by atoms with Gasteiger partial charge >= 0.3 is 0 Å². The fraction of sp³-hybridized carbons (Fsp3) is 0. The Morgan fingerprint density at radius 3 is 2.38 bits per heavy atom. The highest BCUT2D eigenvalue weighted by Crippen LogP contribution is 2.31. The molecule has 0 saturated heterocycles. The molecule has 128 valence electrons. The van der Waals surface area contributed by atoms with Gasteiger partial charge in [-0.05, 0) is 30.3 Å². The molecule has 4 N–H and O–H groups in total. The van der Waals surface area contributed by atoms with Crippen LogP contribution >= 0.6 is 11.6 Å². The first-order valence-corrected chi connectivity index (χ1v) is 8.23. The Kier molecular flexibility index (Phi) is 3.82. The average Bonchev–Trinajstić information content (AvgIpc) is 3.00. The van der Waals surface area contributed by atoms with Gasteiger partial charge in [0.2, 0.25) is 0 Å². The molecule has 4 rings (SSSR count). The van der Waals surface area contributed by atoms with E-state index in [4.69, 9.17) is 28.2 Å².